The van der Waals surface area contributed by atoms with Crippen molar-refractivity contribution in [3.8, 4) is 5.75 Å². The molecule has 0 spiro atoms. The summed E-state index contributed by atoms with van der Waals surface area (Å²) in [6.07, 6.45) is 1.28. The molecule has 2 rings (SSSR count). The van der Waals surface area contributed by atoms with E-state index in [1.54, 1.807) is 6.92 Å². The molecule has 1 fully saturated rings. The van der Waals surface area contributed by atoms with Crippen LogP contribution >= 0.6 is 0 Å². The van der Waals surface area contributed by atoms with Gasteiger partial charge in [0.25, 0.3) is 0 Å². The lowest BCUT2D eigenvalue weighted by molar-refractivity contribution is -0.150. The number of para-hydroxylation sites is 1. The lowest BCUT2D eigenvalue weighted by Crippen LogP contribution is -2.44. The number of nitrogens with zero attached hydrogens (tertiary/aromatic N) is 1. The van der Waals surface area contributed by atoms with Crippen LogP contribution in [-0.4, -0.2) is 41.1 Å². The van der Waals surface area contributed by atoms with Crippen LogP contribution in [0.4, 0.5) is 0 Å². The number of carbonyl (C=O) groups is 2. The number of ether oxygens (including phenoxy) is 1. The SMILES string of the molecule is C[C@@H](COc1ccccc1)C(=O)N1CCC[C@@H]1C(=O)O. The van der Waals surface area contributed by atoms with E-state index in [4.69, 9.17) is 9.84 Å². The fraction of sp³-hybridized carbons (Fsp3) is 0.467. The smallest absolute Gasteiger partial charge is 0.326 e. The molecule has 0 aliphatic carbocycles. The highest BCUT2D eigenvalue weighted by molar-refractivity contribution is 5.85. The second-order valence-electron chi connectivity index (χ2n) is 5.05. The van der Waals surface area contributed by atoms with Crippen molar-refractivity contribution in [2.24, 2.45) is 5.92 Å². The highest BCUT2D eigenvalue weighted by atomic mass is 16.5. The topological polar surface area (TPSA) is 66.8 Å². The molecule has 2 atom stereocenters. The number of likely N-dealkylation sites (tertiary alicyclic amines) is 1. The minimum absolute atomic E-state index is 0.147. The molecule has 1 saturated heterocycles. The van der Waals surface area contributed by atoms with E-state index < -0.39 is 12.0 Å². The normalized spacial score (nSPS) is 19.6. The van der Waals surface area contributed by atoms with Crippen molar-refractivity contribution in [2.75, 3.05) is 13.2 Å². The van der Waals surface area contributed by atoms with E-state index in [0.717, 1.165) is 6.42 Å². The average molecular weight is 277 g/mol. The summed E-state index contributed by atoms with van der Waals surface area (Å²) in [6, 6.07) is 8.59. The van der Waals surface area contributed by atoms with Gasteiger partial charge in [-0.05, 0) is 25.0 Å². The van der Waals surface area contributed by atoms with Gasteiger partial charge in [0.1, 0.15) is 11.8 Å². The third kappa shape index (κ3) is 3.29. The summed E-state index contributed by atoms with van der Waals surface area (Å²) in [6.45, 7) is 2.54. The fourth-order valence-electron chi connectivity index (χ4n) is 2.38. The van der Waals surface area contributed by atoms with Gasteiger partial charge >= 0.3 is 5.97 Å². The van der Waals surface area contributed by atoms with Crippen LogP contribution in [0.5, 0.6) is 5.75 Å². The summed E-state index contributed by atoms with van der Waals surface area (Å²) in [5.74, 6) is -0.712. The number of rotatable bonds is 5. The average Bonchev–Trinajstić information content (AvgIpc) is 2.94. The molecule has 1 heterocycles. The van der Waals surface area contributed by atoms with Crippen molar-refractivity contribution < 1.29 is 19.4 Å². The molecular formula is C15H19NO4. The van der Waals surface area contributed by atoms with Gasteiger partial charge in [-0.25, -0.2) is 4.79 Å². The minimum Gasteiger partial charge on any atom is -0.493 e. The molecular weight excluding hydrogens is 258 g/mol. The molecule has 0 bridgehead atoms. The second kappa shape index (κ2) is 6.41. The Morgan fingerprint density at radius 1 is 1.40 bits per heavy atom. The zero-order valence-corrected chi connectivity index (χ0v) is 11.5. The summed E-state index contributed by atoms with van der Waals surface area (Å²) < 4.78 is 5.55. The molecule has 0 saturated carbocycles. The molecule has 108 valence electrons. The van der Waals surface area contributed by atoms with Crippen LogP contribution in [0.2, 0.25) is 0 Å². The molecule has 1 aromatic rings. The van der Waals surface area contributed by atoms with Crippen molar-refractivity contribution in [3.63, 3.8) is 0 Å². The van der Waals surface area contributed by atoms with Gasteiger partial charge in [0.15, 0.2) is 0 Å². The lowest BCUT2D eigenvalue weighted by Gasteiger charge is -2.24. The second-order valence-corrected chi connectivity index (χ2v) is 5.05. The highest BCUT2D eigenvalue weighted by Gasteiger charge is 2.35. The molecule has 1 aliphatic rings. The maximum absolute atomic E-state index is 12.3. The Morgan fingerprint density at radius 3 is 2.75 bits per heavy atom. The first-order valence-electron chi connectivity index (χ1n) is 6.80. The largest absolute Gasteiger partial charge is 0.493 e. The van der Waals surface area contributed by atoms with Gasteiger partial charge in [0, 0.05) is 6.54 Å². The maximum Gasteiger partial charge on any atom is 0.326 e. The molecule has 1 aliphatic heterocycles. The van der Waals surface area contributed by atoms with E-state index >= 15 is 0 Å². The molecule has 1 amide bonds. The molecule has 0 radical (unpaired) electrons. The van der Waals surface area contributed by atoms with Gasteiger partial charge < -0.3 is 14.7 Å². The number of carboxylic acids is 1. The molecule has 5 heteroatoms. The Morgan fingerprint density at radius 2 is 2.10 bits per heavy atom. The summed E-state index contributed by atoms with van der Waals surface area (Å²) in [5, 5.41) is 9.10. The van der Waals surface area contributed by atoms with Gasteiger partial charge in [-0.1, -0.05) is 25.1 Å². The van der Waals surface area contributed by atoms with E-state index in [1.807, 2.05) is 30.3 Å². The van der Waals surface area contributed by atoms with Crippen LogP contribution in [0, 0.1) is 5.92 Å². The van der Waals surface area contributed by atoms with E-state index in [-0.39, 0.29) is 18.4 Å². The van der Waals surface area contributed by atoms with E-state index in [9.17, 15) is 9.59 Å². The summed E-state index contributed by atoms with van der Waals surface area (Å²) >= 11 is 0. The predicted octanol–water partition coefficient (Wildman–Crippen LogP) is 1.78. The number of carboxylic acid groups (broad SMARTS) is 1. The summed E-state index contributed by atoms with van der Waals surface area (Å²) in [5.41, 5.74) is 0. The Bertz CT molecular complexity index is 474. The van der Waals surface area contributed by atoms with E-state index in [2.05, 4.69) is 0 Å². The Balaban J connectivity index is 1.90. The summed E-state index contributed by atoms with van der Waals surface area (Å²) in [4.78, 5) is 24.8. The fourth-order valence-corrected chi connectivity index (χ4v) is 2.38. The monoisotopic (exact) mass is 277 g/mol. The van der Waals surface area contributed by atoms with Gasteiger partial charge in [0.2, 0.25) is 5.91 Å². The first-order chi connectivity index (χ1) is 9.59. The van der Waals surface area contributed by atoms with Crippen molar-refractivity contribution in [1.29, 1.82) is 0 Å². The van der Waals surface area contributed by atoms with Crippen molar-refractivity contribution >= 4 is 11.9 Å². The summed E-state index contributed by atoms with van der Waals surface area (Å²) in [7, 11) is 0. The van der Waals surface area contributed by atoms with Gasteiger partial charge in [0.05, 0.1) is 12.5 Å². The van der Waals surface area contributed by atoms with Gasteiger partial charge in [-0.15, -0.1) is 0 Å². The van der Waals surface area contributed by atoms with Crippen LogP contribution in [0.15, 0.2) is 30.3 Å². The third-order valence-corrected chi connectivity index (χ3v) is 3.49. The number of hydrogen-bond acceptors (Lipinski definition) is 3. The number of hydrogen-bond donors (Lipinski definition) is 1. The molecule has 1 aromatic carbocycles. The first-order valence-corrected chi connectivity index (χ1v) is 6.80. The zero-order chi connectivity index (χ0) is 14.5. The van der Waals surface area contributed by atoms with Crippen LogP contribution in [0.1, 0.15) is 19.8 Å². The molecule has 20 heavy (non-hydrogen) atoms. The standard InChI is InChI=1S/C15H19NO4/c1-11(10-20-12-6-3-2-4-7-12)14(17)16-9-5-8-13(16)15(18)19/h2-4,6-7,11,13H,5,8-10H2,1H3,(H,18,19)/t11-,13+/m0/s1. The Hall–Kier alpha value is -2.04. The molecule has 1 N–H and O–H groups in total. The van der Waals surface area contributed by atoms with E-state index in [1.165, 1.54) is 4.90 Å². The molecule has 0 aromatic heterocycles. The molecule has 0 unspecified atom stereocenters. The van der Waals surface area contributed by atoms with Crippen LogP contribution in [0.25, 0.3) is 0 Å². The van der Waals surface area contributed by atoms with Crippen LogP contribution in [0.3, 0.4) is 0 Å². The Labute approximate surface area is 118 Å². The minimum atomic E-state index is -0.924. The van der Waals surface area contributed by atoms with Crippen LogP contribution < -0.4 is 4.74 Å². The van der Waals surface area contributed by atoms with Crippen molar-refractivity contribution in [2.45, 2.75) is 25.8 Å². The van der Waals surface area contributed by atoms with Gasteiger partial charge in [-0.2, -0.15) is 0 Å². The lowest BCUT2D eigenvalue weighted by atomic mass is 10.1. The highest BCUT2D eigenvalue weighted by Crippen LogP contribution is 2.20. The zero-order valence-electron chi connectivity index (χ0n) is 11.5. The van der Waals surface area contributed by atoms with E-state index in [0.29, 0.717) is 18.7 Å². The molecule has 5 nitrogen and oxygen atoms in total. The van der Waals surface area contributed by atoms with Crippen LogP contribution in [-0.2, 0) is 9.59 Å². The number of benzene rings is 1. The predicted molar refractivity (Wildman–Crippen MR) is 73.5 cm³/mol. The maximum atomic E-state index is 12.3. The number of amides is 1. The number of carbonyl (C=O) groups excluding carboxylic acids is 1. The Kier molecular flexibility index (Phi) is 4.61. The third-order valence-electron chi connectivity index (χ3n) is 3.49. The van der Waals surface area contributed by atoms with Crippen molar-refractivity contribution in [1.82, 2.24) is 4.90 Å². The van der Waals surface area contributed by atoms with Crippen molar-refractivity contribution in [3.05, 3.63) is 30.3 Å². The quantitative estimate of drug-likeness (QED) is 0.890. The number of aliphatic carboxylic acids is 1. The first kappa shape index (κ1) is 14.4. The van der Waals surface area contributed by atoms with Gasteiger partial charge in [-0.3, -0.25) is 4.79 Å².